The SMILES string of the molecule is O=C(CO)CCCCCNC(=O)/C=C/c1cccn1-c1ccc(Cl)cc1. The summed E-state index contributed by atoms with van der Waals surface area (Å²) < 4.78 is 1.97. The Labute approximate surface area is 158 Å². The largest absolute Gasteiger partial charge is 0.389 e. The van der Waals surface area contributed by atoms with Gasteiger partial charge in [0.1, 0.15) is 6.61 Å². The van der Waals surface area contributed by atoms with Crippen molar-refractivity contribution in [2.24, 2.45) is 0 Å². The van der Waals surface area contributed by atoms with Crippen molar-refractivity contribution < 1.29 is 14.7 Å². The number of ketones is 1. The van der Waals surface area contributed by atoms with Crippen LogP contribution in [-0.4, -0.2) is 34.5 Å². The zero-order valence-corrected chi connectivity index (χ0v) is 15.3. The molecular weight excluding hydrogens is 352 g/mol. The Morgan fingerprint density at radius 2 is 1.88 bits per heavy atom. The molecule has 1 heterocycles. The molecule has 0 radical (unpaired) electrons. The monoisotopic (exact) mass is 374 g/mol. The molecular formula is C20H23ClN2O3. The van der Waals surface area contributed by atoms with Crippen LogP contribution < -0.4 is 5.32 Å². The smallest absolute Gasteiger partial charge is 0.244 e. The number of amides is 1. The van der Waals surface area contributed by atoms with E-state index in [-0.39, 0.29) is 18.3 Å². The zero-order valence-electron chi connectivity index (χ0n) is 14.5. The third kappa shape index (κ3) is 6.50. The number of nitrogens with zero attached hydrogens (tertiary/aromatic N) is 1. The first-order valence-electron chi connectivity index (χ1n) is 8.62. The normalized spacial score (nSPS) is 11.0. The molecule has 26 heavy (non-hydrogen) atoms. The number of benzene rings is 1. The molecule has 0 aliphatic heterocycles. The first kappa shape index (κ1) is 19.9. The number of aromatic nitrogens is 1. The Morgan fingerprint density at radius 1 is 1.12 bits per heavy atom. The molecule has 2 rings (SSSR count). The average molecular weight is 375 g/mol. The summed E-state index contributed by atoms with van der Waals surface area (Å²) in [4.78, 5) is 22.9. The number of unbranched alkanes of at least 4 members (excludes halogenated alkanes) is 2. The van der Waals surface area contributed by atoms with E-state index >= 15 is 0 Å². The first-order valence-corrected chi connectivity index (χ1v) is 8.99. The maximum Gasteiger partial charge on any atom is 0.244 e. The Hall–Kier alpha value is -2.37. The van der Waals surface area contributed by atoms with Crippen LogP contribution in [0.3, 0.4) is 0 Å². The predicted octanol–water partition coefficient (Wildman–Crippen LogP) is 3.38. The summed E-state index contributed by atoms with van der Waals surface area (Å²) in [6.07, 6.45) is 7.98. The van der Waals surface area contributed by atoms with E-state index in [2.05, 4.69) is 5.32 Å². The lowest BCUT2D eigenvalue weighted by atomic mass is 10.1. The summed E-state index contributed by atoms with van der Waals surface area (Å²) in [5.74, 6) is -0.291. The number of carbonyl (C=O) groups is 2. The fourth-order valence-corrected chi connectivity index (χ4v) is 2.63. The van der Waals surface area contributed by atoms with E-state index in [0.717, 1.165) is 30.6 Å². The van der Waals surface area contributed by atoms with Gasteiger partial charge in [-0.2, -0.15) is 0 Å². The second kappa shape index (κ2) is 10.6. The minimum Gasteiger partial charge on any atom is -0.389 e. The molecule has 138 valence electrons. The van der Waals surface area contributed by atoms with Gasteiger partial charge in [0.2, 0.25) is 5.91 Å². The lowest BCUT2D eigenvalue weighted by Crippen LogP contribution is -2.22. The minimum atomic E-state index is -0.390. The zero-order chi connectivity index (χ0) is 18.8. The number of halogens is 1. The summed E-state index contributed by atoms with van der Waals surface area (Å²) in [5, 5.41) is 12.1. The maximum absolute atomic E-state index is 11.9. The molecule has 6 heteroatoms. The Balaban J connectivity index is 1.77. The van der Waals surface area contributed by atoms with Gasteiger partial charge in [0, 0.05) is 41.6 Å². The third-order valence-electron chi connectivity index (χ3n) is 3.90. The van der Waals surface area contributed by atoms with Crippen LogP contribution in [0, 0.1) is 0 Å². The van der Waals surface area contributed by atoms with Crippen molar-refractivity contribution in [3.05, 3.63) is 59.4 Å². The molecule has 0 saturated carbocycles. The van der Waals surface area contributed by atoms with E-state index in [1.54, 1.807) is 6.08 Å². The quantitative estimate of drug-likeness (QED) is 0.494. The molecule has 0 unspecified atom stereocenters. The summed E-state index contributed by atoms with van der Waals surface area (Å²) in [5.41, 5.74) is 1.86. The van der Waals surface area contributed by atoms with Crippen molar-refractivity contribution in [2.45, 2.75) is 25.7 Å². The molecule has 0 fully saturated rings. The van der Waals surface area contributed by atoms with Crippen LogP contribution in [0.1, 0.15) is 31.4 Å². The number of carbonyl (C=O) groups excluding carboxylic acids is 2. The van der Waals surface area contributed by atoms with Crippen molar-refractivity contribution in [3.8, 4) is 5.69 Å². The van der Waals surface area contributed by atoms with Gasteiger partial charge in [-0.25, -0.2) is 0 Å². The van der Waals surface area contributed by atoms with Gasteiger partial charge in [-0.15, -0.1) is 0 Å². The molecule has 1 amide bonds. The molecule has 0 saturated heterocycles. The van der Waals surface area contributed by atoms with Crippen LogP contribution in [0.4, 0.5) is 0 Å². The Kier molecular flexibility index (Phi) is 8.12. The average Bonchev–Trinajstić information content (AvgIpc) is 3.11. The van der Waals surface area contributed by atoms with Crippen LogP contribution in [0.15, 0.2) is 48.7 Å². The van der Waals surface area contributed by atoms with Gasteiger partial charge in [-0.05, 0) is 55.3 Å². The van der Waals surface area contributed by atoms with Crippen molar-refractivity contribution in [2.75, 3.05) is 13.2 Å². The lowest BCUT2D eigenvalue weighted by molar-refractivity contribution is -0.122. The van der Waals surface area contributed by atoms with Gasteiger partial charge in [-0.3, -0.25) is 9.59 Å². The highest BCUT2D eigenvalue weighted by molar-refractivity contribution is 6.30. The number of hydrogen-bond acceptors (Lipinski definition) is 3. The molecule has 0 spiro atoms. The molecule has 0 aliphatic rings. The topological polar surface area (TPSA) is 71.3 Å². The minimum absolute atomic E-state index is 0.138. The number of hydrogen-bond donors (Lipinski definition) is 2. The van der Waals surface area contributed by atoms with Gasteiger partial charge < -0.3 is 15.0 Å². The fraction of sp³-hybridized carbons (Fsp3) is 0.300. The van der Waals surface area contributed by atoms with Crippen LogP contribution >= 0.6 is 11.6 Å². The number of aliphatic hydroxyl groups is 1. The lowest BCUT2D eigenvalue weighted by Gasteiger charge is -2.06. The van der Waals surface area contributed by atoms with Crippen molar-refractivity contribution >= 4 is 29.4 Å². The second-order valence-corrected chi connectivity index (χ2v) is 6.35. The first-order chi connectivity index (χ1) is 12.6. The highest BCUT2D eigenvalue weighted by atomic mass is 35.5. The summed E-state index contributed by atoms with van der Waals surface area (Å²) in [6, 6.07) is 11.3. The molecule has 2 aromatic rings. The van der Waals surface area contributed by atoms with Gasteiger partial charge in [0.15, 0.2) is 5.78 Å². The highest BCUT2D eigenvalue weighted by Gasteiger charge is 2.02. The number of aliphatic hydroxyl groups excluding tert-OH is 1. The van der Waals surface area contributed by atoms with Crippen molar-refractivity contribution in [1.29, 1.82) is 0 Å². The van der Waals surface area contributed by atoms with Crippen LogP contribution in [-0.2, 0) is 9.59 Å². The van der Waals surface area contributed by atoms with E-state index < -0.39 is 0 Å². The summed E-state index contributed by atoms with van der Waals surface area (Å²) in [7, 11) is 0. The van der Waals surface area contributed by atoms with Crippen LogP contribution in [0.5, 0.6) is 0 Å². The fourth-order valence-electron chi connectivity index (χ4n) is 2.50. The molecule has 2 N–H and O–H groups in total. The predicted molar refractivity (Wildman–Crippen MR) is 103 cm³/mol. The molecule has 0 bridgehead atoms. The van der Waals surface area contributed by atoms with Crippen molar-refractivity contribution in [1.82, 2.24) is 9.88 Å². The van der Waals surface area contributed by atoms with E-state index in [9.17, 15) is 9.59 Å². The van der Waals surface area contributed by atoms with Gasteiger partial charge in [-0.1, -0.05) is 18.0 Å². The van der Waals surface area contributed by atoms with Gasteiger partial charge in [0.05, 0.1) is 0 Å². The second-order valence-electron chi connectivity index (χ2n) is 5.91. The van der Waals surface area contributed by atoms with E-state index in [1.807, 2.05) is 47.2 Å². The van der Waals surface area contributed by atoms with Crippen molar-refractivity contribution in [3.63, 3.8) is 0 Å². The number of rotatable bonds is 10. The van der Waals surface area contributed by atoms with Crippen LogP contribution in [0.25, 0.3) is 11.8 Å². The Bertz CT molecular complexity index is 751. The number of nitrogens with one attached hydrogen (secondary N) is 1. The third-order valence-corrected chi connectivity index (χ3v) is 4.15. The van der Waals surface area contributed by atoms with Crippen LogP contribution in [0.2, 0.25) is 5.02 Å². The molecule has 0 aliphatic carbocycles. The molecule has 0 atom stereocenters. The summed E-state index contributed by atoms with van der Waals surface area (Å²) >= 11 is 5.91. The number of Topliss-reactive ketones (excluding diaryl/α,β-unsaturated/α-hetero) is 1. The Morgan fingerprint density at radius 3 is 2.62 bits per heavy atom. The molecule has 5 nitrogen and oxygen atoms in total. The van der Waals surface area contributed by atoms with Gasteiger partial charge >= 0.3 is 0 Å². The highest BCUT2D eigenvalue weighted by Crippen LogP contribution is 2.17. The maximum atomic E-state index is 11.9. The van der Waals surface area contributed by atoms with Gasteiger partial charge in [0.25, 0.3) is 0 Å². The summed E-state index contributed by atoms with van der Waals surface area (Å²) in [6.45, 7) is 0.175. The van der Waals surface area contributed by atoms with E-state index in [4.69, 9.17) is 16.7 Å². The van der Waals surface area contributed by atoms with E-state index in [1.165, 1.54) is 6.08 Å². The standard InChI is InChI=1S/C20H23ClN2O3/c21-16-7-9-18(10-8-16)23-14-4-5-17(23)11-12-20(26)22-13-3-1-2-6-19(25)15-24/h4-5,7-12,14,24H,1-3,6,13,15H2,(H,22,26)/b12-11+. The molecule has 1 aromatic heterocycles. The van der Waals surface area contributed by atoms with E-state index in [0.29, 0.717) is 18.0 Å². The molecule has 1 aromatic carbocycles.